The third-order valence-corrected chi connectivity index (χ3v) is 1.41. The first-order valence-corrected chi connectivity index (χ1v) is 3.67. The molecule has 0 aromatic heterocycles. The van der Waals surface area contributed by atoms with Crippen LogP contribution in [0.2, 0.25) is 0 Å². The minimum atomic E-state index is 1.10. The summed E-state index contributed by atoms with van der Waals surface area (Å²) >= 11 is 0. The van der Waals surface area contributed by atoms with Crippen molar-refractivity contribution in [1.82, 2.24) is 5.01 Å². The lowest BCUT2D eigenvalue weighted by atomic mass is 10.3. The van der Waals surface area contributed by atoms with Crippen molar-refractivity contribution in [2.75, 3.05) is 0 Å². The van der Waals surface area contributed by atoms with Gasteiger partial charge in [-0.3, -0.25) is 0 Å². The maximum absolute atomic E-state index is 4.14. The molecule has 0 aromatic carbocycles. The van der Waals surface area contributed by atoms with E-state index < -0.39 is 0 Å². The first kappa shape index (κ1) is 7.79. The maximum Gasteiger partial charge on any atom is 0.0602 e. The van der Waals surface area contributed by atoms with E-state index in [1.54, 1.807) is 6.21 Å². The molecule has 1 aliphatic heterocycles. The smallest absolute Gasteiger partial charge is 0.0602 e. The highest BCUT2D eigenvalue weighted by Crippen LogP contribution is 2.11. The van der Waals surface area contributed by atoms with Gasteiger partial charge in [0, 0.05) is 12.4 Å². The zero-order chi connectivity index (χ0) is 8.10. The van der Waals surface area contributed by atoms with Crippen LogP contribution in [0, 0.1) is 0 Å². The van der Waals surface area contributed by atoms with Crippen molar-refractivity contribution in [1.29, 1.82) is 0 Å². The molecule has 0 radical (unpaired) electrons. The average Bonchev–Trinajstić information content (AvgIpc) is 2.06. The van der Waals surface area contributed by atoms with Gasteiger partial charge in [0.2, 0.25) is 0 Å². The molecular formula is C9H12N2. The van der Waals surface area contributed by atoms with Crippen molar-refractivity contribution in [3.63, 3.8) is 0 Å². The Morgan fingerprint density at radius 3 is 2.82 bits per heavy atom. The first-order chi connectivity index (χ1) is 5.38. The average molecular weight is 148 g/mol. The van der Waals surface area contributed by atoms with Crippen LogP contribution in [-0.4, -0.2) is 11.2 Å². The Hall–Kier alpha value is -1.31. The van der Waals surface area contributed by atoms with Gasteiger partial charge in [0.25, 0.3) is 0 Å². The summed E-state index contributed by atoms with van der Waals surface area (Å²) < 4.78 is 0. The summed E-state index contributed by atoms with van der Waals surface area (Å²) in [4.78, 5) is 0. The van der Waals surface area contributed by atoms with Gasteiger partial charge in [0.15, 0.2) is 0 Å². The van der Waals surface area contributed by atoms with E-state index in [2.05, 4.69) is 5.10 Å². The molecule has 2 nitrogen and oxygen atoms in total. The molecule has 2 heteroatoms. The minimum absolute atomic E-state index is 1.10. The molecule has 0 spiro atoms. The fourth-order valence-electron chi connectivity index (χ4n) is 0.906. The number of hydrogen-bond donors (Lipinski definition) is 0. The van der Waals surface area contributed by atoms with E-state index in [9.17, 15) is 0 Å². The van der Waals surface area contributed by atoms with Gasteiger partial charge in [-0.2, -0.15) is 5.10 Å². The van der Waals surface area contributed by atoms with E-state index in [-0.39, 0.29) is 0 Å². The highest BCUT2D eigenvalue weighted by Gasteiger charge is 2.00. The van der Waals surface area contributed by atoms with Crippen LogP contribution >= 0.6 is 0 Å². The summed E-state index contributed by atoms with van der Waals surface area (Å²) in [6.07, 6.45) is 11.7. The highest BCUT2D eigenvalue weighted by atomic mass is 15.4. The summed E-state index contributed by atoms with van der Waals surface area (Å²) in [6.45, 7) is 3.90. The summed E-state index contributed by atoms with van der Waals surface area (Å²) in [5.41, 5.74) is 1.10. The third kappa shape index (κ3) is 1.80. The van der Waals surface area contributed by atoms with Crippen molar-refractivity contribution < 1.29 is 0 Å². The molecular weight excluding hydrogens is 136 g/mol. The molecule has 0 saturated carbocycles. The summed E-state index contributed by atoms with van der Waals surface area (Å²) in [5.74, 6) is 0. The van der Waals surface area contributed by atoms with Crippen molar-refractivity contribution in [2.45, 2.75) is 13.8 Å². The van der Waals surface area contributed by atoms with Crippen LogP contribution in [0.1, 0.15) is 13.8 Å². The number of allylic oxidation sites excluding steroid dienone is 4. The molecule has 0 N–H and O–H groups in total. The number of hydrogen-bond acceptors (Lipinski definition) is 2. The monoisotopic (exact) mass is 148 g/mol. The normalized spacial score (nSPS) is 20.5. The highest BCUT2D eigenvalue weighted by molar-refractivity contribution is 5.53. The molecule has 0 amide bonds. The third-order valence-electron chi connectivity index (χ3n) is 1.41. The van der Waals surface area contributed by atoms with Crippen molar-refractivity contribution in [3.8, 4) is 0 Å². The number of rotatable bonds is 1. The van der Waals surface area contributed by atoms with Crippen LogP contribution in [0.4, 0.5) is 0 Å². The minimum Gasteiger partial charge on any atom is -0.242 e. The lowest BCUT2D eigenvalue weighted by molar-refractivity contribution is 0.511. The zero-order valence-electron chi connectivity index (χ0n) is 6.86. The quantitative estimate of drug-likeness (QED) is 0.521. The molecule has 0 aromatic rings. The van der Waals surface area contributed by atoms with E-state index in [0.717, 1.165) is 5.70 Å². The Kier molecular flexibility index (Phi) is 2.66. The fraction of sp³-hybridized carbons (Fsp3) is 0.222. The van der Waals surface area contributed by atoms with Crippen LogP contribution in [0.5, 0.6) is 0 Å². The fourth-order valence-corrected chi connectivity index (χ4v) is 0.906. The standard InChI is InChI=1S/C9H12N2/c1-3-9-7-5-6-8-11(9)10-4-2/h3-8H,1-2H3/b9-3-,10-4-. The molecule has 0 bridgehead atoms. The van der Waals surface area contributed by atoms with Crippen molar-refractivity contribution in [2.24, 2.45) is 5.10 Å². The molecule has 11 heavy (non-hydrogen) atoms. The van der Waals surface area contributed by atoms with Gasteiger partial charge in [-0.15, -0.1) is 0 Å². The van der Waals surface area contributed by atoms with E-state index in [4.69, 9.17) is 0 Å². The predicted octanol–water partition coefficient (Wildman–Crippen LogP) is 2.28. The zero-order valence-corrected chi connectivity index (χ0v) is 6.86. The maximum atomic E-state index is 4.14. The van der Waals surface area contributed by atoms with Crippen LogP contribution in [0.3, 0.4) is 0 Å². The van der Waals surface area contributed by atoms with Crippen LogP contribution in [0.15, 0.2) is 41.3 Å². The van der Waals surface area contributed by atoms with Gasteiger partial charge >= 0.3 is 0 Å². The second-order valence-electron chi connectivity index (χ2n) is 2.13. The lowest BCUT2D eigenvalue weighted by Gasteiger charge is -2.16. The molecule has 58 valence electrons. The second kappa shape index (κ2) is 3.76. The Labute approximate surface area is 67.2 Å². The molecule has 1 rings (SSSR count). The van der Waals surface area contributed by atoms with Crippen LogP contribution < -0.4 is 0 Å². The Balaban J connectivity index is 2.79. The SMILES string of the molecule is C/C=N\N1C=CC=C/C1=C/C. The summed E-state index contributed by atoms with van der Waals surface area (Å²) in [7, 11) is 0. The number of hydrazone groups is 1. The van der Waals surface area contributed by atoms with Gasteiger partial charge in [0.1, 0.15) is 0 Å². The molecule has 0 fully saturated rings. The largest absolute Gasteiger partial charge is 0.242 e. The van der Waals surface area contributed by atoms with Crippen LogP contribution in [0.25, 0.3) is 0 Å². The van der Waals surface area contributed by atoms with Gasteiger partial charge < -0.3 is 0 Å². The van der Waals surface area contributed by atoms with E-state index in [1.807, 2.05) is 49.4 Å². The molecule has 0 atom stereocenters. The summed E-state index contributed by atoms with van der Waals surface area (Å²) in [5, 5.41) is 5.97. The van der Waals surface area contributed by atoms with E-state index in [1.165, 1.54) is 0 Å². The molecule has 1 heterocycles. The predicted molar refractivity (Wildman–Crippen MR) is 48.0 cm³/mol. The number of nitrogens with zero attached hydrogens (tertiary/aromatic N) is 2. The Bertz CT molecular complexity index is 234. The molecule has 0 aliphatic carbocycles. The van der Waals surface area contributed by atoms with Gasteiger partial charge in [-0.25, -0.2) is 5.01 Å². The van der Waals surface area contributed by atoms with Gasteiger partial charge in [-0.1, -0.05) is 12.2 Å². The lowest BCUT2D eigenvalue weighted by Crippen LogP contribution is -2.09. The molecule has 0 saturated heterocycles. The van der Waals surface area contributed by atoms with E-state index >= 15 is 0 Å². The van der Waals surface area contributed by atoms with Crippen molar-refractivity contribution in [3.05, 3.63) is 36.2 Å². The van der Waals surface area contributed by atoms with Crippen LogP contribution in [-0.2, 0) is 0 Å². The second-order valence-corrected chi connectivity index (χ2v) is 2.13. The Morgan fingerprint density at radius 1 is 1.36 bits per heavy atom. The molecule has 0 unspecified atom stereocenters. The van der Waals surface area contributed by atoms with Gasteiger partial charge in [0.05, 0.1) is 5.70 Å². The van der Waals surface area contributed by atoms with Crippen molar-refractivity contribution >= 4 is 6.21 Å². The van der Waals surface area contributed by atoms with Gasteiger partial charge in [-0.05, 0) is 26.0 Å². The first-order valence-electron chi connectivity index (χ1n) is 3.67. The summed E-state index contributed by atoms with van der Waals surface area (Å²) in [6, 6.07) is 0. The topological polar surface area (TPSA) is 15.6 Å². The Morgan fingerprint density at radius 2 is 2.18 bits per heavy atom. The van der Waals surface area contributed by atoms with E-state index in [0.29, 0.717) is 0 Å². The molecule has 1 aliphatic rings.